The average Bonchev–Trinajstić information content (AvgIpc) is 2.48. The van der Waals surface area contributed by atoms with Crippen molar-refractivity contribution in [3.8, 4) is 5.75 Å². The largest absolute Gasteiger partial charge is 0.497 e. The third kappa shape index (κ3) is 3.45. The highest BCUT2D eigenvalue weighted by Crippen LogP contribution is 2.27. The van der Waals surface area contributed by atoms with Gasteiger partial charge in [0.25, 0.3) is 0 Å². The molecule has 2 aromatic rings. The van der Waals surface area contributed by atoms with Crippen molar-refractivity contribution in [2.45, 2.75) is 26.3 Å². The van der Waals surface area contributed by atoms with Crippen molar-refractivity contribution in [1.29, 1.82) is 0 Å². The van der Waals surface area contributed by atoms with Crippen LogP contribution in [-0.2, 0) is 0 Å². The Labute approximate surface area is 125 Å². The van der Waals surface area contributed by atoms with Gasteiger partial charge >= 0.3 is 0 Å². The van der Waals surface area contributed by atoms with Gasteiger partial charge in [0.2, 0.25) is 0 Å². The summed E-state index contributed by atoms with van der Waals surface area (Å²) in [5.41, 5.74) is 3.38. The lowest BCUT2D eigenvalue weighted by molar-refractivity contribution is 0.414. The molecular formula is C17H20ClNO. The van der Waals surface area contributed by atoms with Gasteiger partial charge in [-0.05, 0) is 48.7 Å². The molecule has 1 atom stereocenters. The summed E-state index contributed by atoms with van der Waals surface area (Å²) in [5.74, 6) is 0.877. The summed E-state index contributed by atoms with van der Waals surface area (Å²) in [6.07, 6.45) is 0.998. The molecule has 2 nitrogen and oxygen atoms in total. The van der Waals surface area contributed by atoms with Crippen LogP contribution in [-0.4, -0.2) is 7.11 Å². The van der Waals surface area contributed by atoms with E-state index in [1.54, 1.807) is 7.11 Å². The maximum absolute atomic E-state index is 6.17. The monoisotopic (exact) mass is 289 g/mol. The maximum atomic E-state index is 6.17. The topological polar surface area (TPSA) is 21.3 Å². The van der Waals surface area contributed by atoms with Crippen LogP contribution in [0.1, 0.15) is 30.5 Å². The van der Waals surface area contributed by atoms with Crippen LogP contribution in [0.5, 0.6) is 5.75 Å². The number of methoxy groups -OCH3 is 1. The van der Waals surface area contributed by atoms with Crippen molar-refractivity contribution < 1.29 is 4.74 Å². The van der Waals surface area contributed by atoms with Gasteiger partial charge in [0.15, 0.2) is 0 Å². The third-order valence-corrected chi connectivity index (χ3v) is 3.85. The summed E-state index contributed by atoms with van der Waals surface area (Å²) in [5, 5.41) is 4.32. The van der Waals surface area contributed by atoms with Gasteiger partial charge in [0, 0.05) is 10.7 Å². The van der Waals surface area contributed by atoms with Crippen LogP contribution in [0.3, 0.4) is 0 Å². The van der Waals surface area contributed by atoms with Crippen molar-refractivity contribution >= 4 is 17.3 Å². The van der Waals surface area contributed by atoms with E-state index in [4.69, 9.17) is 16.3 Å². The molecule has 2 rings (SSSR count). The summed E-state index contributed by atoms with van der Waals surface area (Å²) in [6.45, 7) is 4.17. The zero-order chi connectivity index (χ0) is 14.5. The van der Waals surface area contributed by atoms with Gasteiger partial charge < -0.3 is 10.1 Å². The molecule has 106 valence electrons. The lowest BCUT2D eigenvalue weighted by Gasteiger charge is -2.19. The van der Waals surface area contributed by atoms with E-state index in [1.165, 1.54) is 5.56 Å². The summed E-state index contributed by atoms with van der Waals surface area (Å²) >= 11 is 6.17. The van der Waals surface area contributed by atoms with Gasteiger partial charge in [-0.3, -0.25) is 0 Å². The van der Waals surface area contributed by atoms with Crippen molar-refractivity contribution in [3.05, 3.63) is 58.6 Å². The van der Waals surface area contributed by atoms with Gasteiger partial charge in [-0.25, -0.2) is 0 Å². The van der Waals surface area contributed by atoms with Gasteiger partial charge in [-0.2, -0.15) is 0 Å². The molecule has 0 amide bonds. The van der Waals surface area contributed by atoms with Gasteiger partial charge in [0.1, 0.15) is 5.75 Å². The first-order valence-electron chi connectivity index (χ1n) is 6.80. The van der Waals surface area contributed by atoms with Crippen molar-refractivity contribution in [2.24, 2.45) is 0 Å². The molecule has 1 unspecified atom stereocenters. The molecule has 2 aromatic carbocycles. The number of hydrogen-bond donors (Lipinski definition) is 1. The Hall–Kier alpha value is -1.67. The third-order valence-electron chi connectivity index (χ3n) is 3.44. The summed E-state index contributed by atoms with van der Waals surface area (Å²) < 4.78 is 5.19. The fraction of sp³-hybridized carbons (Fsp3) is 0.294. The first-order valence-corrected chi connectivity index (χ1v) is 7.18. The van der Waals surface area contributed by atoms with Crippen molar-refractivity contribution in [1.82, 2.24) is 0 Å². The molecule has 0 aliphatic heterocycles. The second kappa shape index (κ2) is 6.67. The first kappa shape index (κ1) is 14.7. The molecule has 1 N–H and O–H groups in total. The fourth-order valence-electron chi connectivity index (χ4n) is 2.14. The number of ether oxygens (including phenoxy) is 1. The van der Waals surface area contributed by atoms with E-state index in [1.807, 2.05) is 31.2 Å². The predicted molar refractivity (Wildman–Crippen MR) is 85.8 cm³/mol. The number of rotatable bonds is 5. The fourth-order valence-corrected chi connectivity index (χ4v) is 2.32. The van der Waals surface area contributed by atoms with E-state index < -0.39 is 0 Å². The standard InChI is InChI=1S/C17H20ClNO/c1-4-17(13-6-9-15(20-3)10-7-13)19-14-8-5-12(2)16(18)11-14/h5-11,17,19H,4H2,1-3H3. The quantitative estimate of drug-likeness (QED) is 0.815. The highest BCUT2D eigenvalue weighted by atomic mass is 35.5. The van der Waals surface area contributed by atoms with Crippen molar-refractivity contribution in [3.63, 3.8) is 0 Å². The number of aryl methyl sites for hydroxylation is 1. The van der Waals surface area contributed by atoms with Crippen LogP contribution in [0.25, 0.3) is 0 Å². The SMILES string of the molecule is CCC(Nc1ccc(C)c(Cl)c1)c1ccc(OC)cc1. The Morgan fingerprint density at radius 3 is 2.40 bits per heavy atom. The van der Waals surface area contributed by atoms with Crippen LogP contribution in [0.4, 0.5) is 5.69 Å². The molecule has 0 bridgehead atoms. The van der Waals surface area contributed by atoms with E-state index in [0.717, 1.165) is 28.4 Å². The van der Waals surface area contributed by atoms with Crippen LogP contribution >= 0.6 is 11.6 Å². The Morgan fingerprint density at radius 1 is 1.15 bits per heavy atom. The molecule has 0 saturated heterocycles. The van der Waals surface area contributed by atoms with Crippen molar-refractivity contribution in [2.75, 3.05) is 12.4 Å². The molecule has 0 heterocycles. The number of hydrogen-bond acceptors (Lipinski definition) is 2. The highest BCUT2D eigenvalue weighted by Gasteiger charge is 2.09. The predicted octanol–water partition coefficient (Wildman–Crippen LogP) is 5.22. The highest BCUT2D eigenvalue weighted by molar-refractivity contribution is 6.31. The first-order chi connectivity index (χ1) is 9.63. The van der Waals surface area contributed by atoms with E-state index in [2.05, 4.69) is 30.4 Å². The molecule has 0 spiro atoms. The Bertz CT molecular complexity index is 566. The van der Waals surface area contributed by atoms with Crippen LogP contribution < -0.4 is 10.1 Å². The Morgan fingerprint density at radius 2 is 1.85 bits per heavy atom. The number of anilines is 1. The van der Waals surface area contributed by atoms with E-state index in [0.29, 0.717) is 0 Å². The molecular weight excluding hydrogens is 270 g/mol. The molecule has 0 aliphatic carbocycles. The summed E-state index contributed by atoms with van der Waals surface area (Å²) in [7, 11) is 1.68. The molecule has 0 aliphatic rings. The zero-order valence-electron chi connectivity index (χ0n) is 12.1. The minimum Gasteiger partial charge on any atom is -0.497 e. The lowest BCUT2D eigenvalue weighted by Crippen LogP contribution is -2.09. The minimum absolute atomic E-state index is 0.264. The van der Waals surface area contributed by atoms with Crippen LogP contribution in [0, 0.1) is 6.92 Å². The van der Waals surface area contributed by atoms with E-state index >= 15 is 0 Å². The Balaban J connectivity index is 2.16. The van der Waals surface area contributed by atoms with Gasteiger partial charge in [-0.15, -0.1) is 0 Å². The minimum atomic E-state index is 0.264. The van der Waals surface area contributed by atoms with E-state index in [9.17, 15) is 0 Å². The number of halogens is 1. The molecule has 0 aromatic heterocycles. The van der Waals surface area contributed by atoms with E-state index in [-0.39, 0.29) is 6.04 Å². The summed E-state index contributed by atoms with van der Waals surface area (Å²) in [4.78, 5) is 0. The van der Waals surface area contributed by atoms with Crippen LogP contribution in [0.2, 0.25) is 5.02 Å². The molecule has 0 radical (unpaired) electrons. The maximum Gasteiger partial charge on any atom is 0.118 e. The lowest BCUT2D eigenvalue weighted by atomic mass is 10.0. The Kier molecular flexibility index (Phi) is 4.91. The normalized spacial score (nSPS) is 12.0. The molecule has 0 fully saturated rings. The molecule has 3 heteroatoms. The summed E-state index contributed by atoms with van der Waals surface area (Å²) in [6, 6.07) is 14.5. The van der Waals surface area contributed by atoms with Gasteiger partial charge in [-0.1, -0.05) is 36.7 Å². The average molecular weight is 290 g/mol. The molecule has 0 saturated carbocycles. The smallest absolute Gasteiger partial charge is 0.118 e. The zero-order valence-corrected chi connectivity index (χ0v) is 12.9. The second-order valence-electron chi connectivity index (χ2n) is 4.84. The van der Waals surface area contributed by atoms with Gasteiger partial charge in [0.05, 0.1) is 13.2 Å². The van der Waals surface area contributed by atoms with Crippen LogP contribution in [0.15, 0.2) is 42.5 Å². The second-order valence-corrected chi connectivity index (χ2v) is 5.25. The molecule has 20 heavy (non-hydrogen) atoms. The number of benzene rings is 2. The number of nitrogens with one attached hydrogen (secondary N) is 1.